The summed E-state index contributed by atoms with van der Waals surface area (Å²) in [6.07, 6.45) is 5.63. The molecule has 0 aliphatic rings. The number of imidazole rings is 1. The fourth-order valence-electron chi connectivity index (χ4n) is 2.41. The van der Waals surface area contributed by atoms with Crippen molar-refractivity contribution >= 4 is 0 Å². The van der Waals surface area contributed by atoms with Crippen LogP contribution in [0.3, 0.4) is 0 Å². The van der Waals surface area contributed by atoms with Crippen molar-refractivity contribution in [1.82, 2.24) is 14.9 Å². The Morgan fingerprint density at radius 3 is 2.80 bits per heavy atom. The maximum Gasteiger partial charge on any atom is 0.124 e. The summed E-state index contributed by atoms with van der Waals surface area (Å²) in [4.78, 5) is 4.07. The number of hydrogen-bond donors (Lipinski definition) is 1. The van der Waals surface area contributed by atoms with E-state index >= 15 is 0 Å². The molecule has 4 nitrogen and oxygen atoms in total. The number of nitrogens with zero attached hydrogens (tertiary/aromatic N) is 2. The molecule has 1 N–H and O–H groups in total. The van der Waals surface area contributed by atoms with Gasteiger partial charge in [0.05, 0.1) is 12.9 Å². The van der Waals surface area contributed by atoms with Crippen LogP contribution in [0.2, 0.25) is 0 Å². The lowest BCUT2D eigenvalue weighted by molar-refractivity contribution is 0.329. The van der Waals surface area contributed by atoms with Crippen molar-refractivity contribution in [3.8, 4) is 5.75 Å². The lowest BCUT2D eigenvalue weighted by Gasteiger charge is -2.22. The van der Waals surface area contributed by atoms with Crippen LogP contribution in [0.15, 0.2) is 43.0 Å². The Labute approximate surface area is 120 Å². The molecule has 108 valence electrons. The van der Waals surface area contributed by atoms with E-state index in [1.54, 1.807) is 6.20 Å². The Balaban J connectivity index is 1.98. The van der Waals surface area contributed by atoms with Gasteiger partial charge >= 0.3 is 0 Å². The van der Waals surface area contributed by atoms with E-state index in [1.807, 2.05) is 31.6 Å². The van der Waals surface area contributed by atoms with Gasteiger partial charge in [0.1, 0.15) is 5.75 Å². The van der Waals surface area contributed by atoms with E-state index in [-0.39, 0.29) is 6.04 Å². The molecule has 4 heteroatoms. The first-order valence-corrected chi connectivity index (χ1v) is 7.14. The molecule has 20 heavy (non-hydrogen) atoms. The minimum atomic E-state index is 0.247. The number of para-hydroxylation sites is 1. The Morgan fingerprint density at radius 2 is 2.10 bits per heavy atom. The topological polar surface area (TPSA) is 39.1 Å². The maximum atomic E-state index is 5.69. The molecule has 1 heterocycles. The van der Waals surface area contributed by atoms with Gasteiger partial charge in [-0.15, -0.1) is 0 Å². The molecule has 0 saturated heterocycles. The normalized spacial score (nSPS) is 13.9. The van der Waals surface area contributed by atoms with E-state index in [0.717, 1.165) is 12.3 Å². The van der Waals surface area contributed by atoms with Crippen LogP contribution in [0, 0.1) is 0 Å². The zero-order valence-electron chi connectivity index (χ0n) is 12.4. The van der Waals surface area contributed by atoms with E-state index in [0.29, 0.717) is 12.6 Å². The summed E-state index contributed by atoms with van der Waals surface area (Å²) in [6.45, 7) is 7.95. The van der Waals surface area contributed by atoms with Gasteiger partial charge in [-0.3, -0.25) is 0 Å². The summed E-state index contributed by atoms with van der Waals surface area (Å²) in [6, 6.07) is 8.81. The molecule has 1 aromatic carbocycles. The molecule has 0 fully saturated rings. The van der Waals surface area contributed by atoms with Crippen LogP contribution in [0.4, 0.5) is 0 Å². The fourth-order valence-corrected chi connectivity index (χ4v) is 2.41. The molecular weight excluding hydrogens is 250 g/mol. The lowest BCUT2D eigenvalue weighted by atomic mass is 10.1. The molecule has 2 rings (SSSR count). The standard InChI is InChI=1S/C16H23N3O/c1-4-20-16-8-6-5-7-15(16)14(3)18-13(2)11-19-10-9-17-12-19/h5-10,12-14,18H,4,11H2,1-3H3. The molecule has 0 spiro atoms. The van der Waals surface area contributed by atoms with Crippen molar-refractivity contribution in [1.29, 1.82) is 0 Å². The third-order valence-corrected chi connectivity index (χ3v) is 3.26. The predicted octanol–water partition coefficient (Wildman–Crippen LogP) is 3.02. The Morgan fingerprint density at radius 1 is 1.30 bits per heavy atom. The van der Waals surface area contributed by atoms with Gasteiger partial charge < -0.3 is 14.6 Å². The van der Waals surface area contributed by atoms with Crippen LogP contribution in [-0.4, -0.2) is 22.2 Å². The molecule has 1 aromatic heterocycles. The van der Waals surface area contributed by atoms with Crippen LogP contribution in [0.25, 0.3) is 0 Å². The number of nitrogens with one attached hydrogen (secondary N) is 1. The van der Waals surface area contributed by atoms with Crippen molar-refractivity contribution in [3.05, 3.63) is 48.5 Å². The van der Waals surface area contributed by atoms with Crippen LogP contribution >= 0.6 is 0 Å². The largest absolute Gasteiger partial charge is 0.494 e. The average Bonchev–Trinajstić information content (AvgIpc) is 2.92. The van der Waals surface area contributed by atoms with E-state index in [2.05, 4.69) is 40.8 Å². The summed E-state index contributed by atoms with van der Waals surface area (Å²) in [5.41, 5.74) is 1.20. The minimum absolute atomic E-state index is 0.247. The summed E-state index contributed by atoms with van der Waals surface area (Å²) in [7, 11) is 0. The monoisotopic (exact) mass is 273 g/mol. The smallest absolute Gasteiger partial charge is 0.124 e. The summed E-state index contributed by atoms with van der Waals surface area (Å²) < 4.78 is 7.77. The zero-order chi connectivity index (χ0) is 14.4. The van der Waals surface area contributed by atoms with Gasteiger partial charge in [0, 0.05) is 36.6 Å². The number of ether oxygens (including phenoxy) is 1. The number of rotatable bonds is 7. The molecule has 0 radical (unpaired) electrons. The third kappa shape index (κ3) is 3.84. The van der Waals surface area contributed by atoms with Crippen molar-refractivity contribution < 1.29 is 4.74 Å². The van der Waals surface area contributed by atoms with Gasteiger partial charge in [0.2, 0.25) is 0 Å². The van der Waals surface area contributed by atoms with E-state index in [1.165, 1.54) is 5.56 Å². The second-order valence-electron chi connectivity index (χ2n) is 5.02. The summed E-state index contributed by atoms with van der Waals surface area (Å²) in [5.74, 6) is 0.963. The first kappa shape index (κ1) is 14.6. The molecular formula is C16H23N3O. The highest BCUT2D eigenvalue weighted by Crippen LogP contribution is 2.25. The third-order valence-electron chi connectivity index (χ3n) is 3.26. The van der Waals surface area contributed by atoms with E-state index in [9.17, 15) is 0 Å². The van der Waals surface area contributed by atoms with Gasteiger partial charge in [-0.05, 0) is 26.8 Å². The van der Waals surface area contributed by atoms with Crippen molar-refractivity contribution in [2.75, 3.05) is 6.61 Å². The zero-order valence-corrected chi connectivity index (χ0v) is 12.4. The highest BCUT2D eigenvalue weighted by atomic mass is 16.5. The van der Waals surface area contributed by atoms with Gasteiger partial charge in [0.15, 0.2) is 0 Å². The predicted molar refractivity (Wildman–Crippen MR) is 80.9 cm³/mol. The van der Waals surface area contributed by atoms with Crippen LogP contribution in [0.5, 0.6) is 5.75 Å². The summed E-state index contributed by atoms with van der Waals surface area (Å²) >= 11 is 0. The first-order chi connectivity index (χ1) is 9.70. The SMILES string of the molecule is CCOc1ccccc1C(C)NC(C)Cn1ccnc1. The molecule has 0 amide bonds. The van der Waals surface area contributed by atoms with Gasteiger partial charge in [0.25, 0.3) is 0 Å². The lowest BCUT2D eigenvalue weighted by Crippen LogP contribution is -2.32. The molecule has 0 saturated carbocycles. The van der Waals surface area contributed by atoms with Crippen molar-refractivity contribution in [2.45, 2.75) is 39.4 Å². The maximum absolute atomic E-state index is 5.69. The highest BCUT2D eigenvalue weighted by molar-refractivity contribution is 5.35. The van der Waals surface area contributed by atoms with Gasteiger partial charge in [-0.25, -0.2) is 4.98 Å². The molecule has 0 bridgehead atoms. The van der Waals surface area contributed by atoms with E-state index in [4.69, 9.17) is 4.74 Å². The van der Waals surface area contributed by atoms with Crippen molar-refractivity contribution in [2.24, 2.45) is 0 Å². The van der Waals surface area contributed by atoms with Crippen LogP contribution < -0.4 is 10.1 Å². The second-order valence-corrected chi connectivity index (χ2v) is 5.02. The van der Waals surface area contributed by atoms with Crippen LogP contribution in [0.1, 0.15) is 32.4 Å². The second kappa shape index (κ2) is 7.10. The van der Waals surface area contributed by atoms with Gasteiger partial charge in [-0.2, -0.15) is 0 Å². The quantitative estimate of drug-likeness (QED) is 0.843. The highest BCUT2D eigenvalue weighted by Gasteiger charge is 2.13. The fraction of sp³-hybridized carbons (Fsp3) is 0.438. The molecule has 2 aromatic rings. The number of benzene rings is 1. The Hall–Kier alpha value is -1.81. The van der Waals surface area contributed by atoms with Crippen LogP contribution in [-0.2, 0) is 6.54 Å². The van der Waals surface area contributed by atoms with Crippen molar-refractivity contribution in [3.63, 3.8) is 0 Å². The first-order valence-electron chi connectivity index (χ1n) is 7.14. The average molecular weight is 273 g/mol. The molecule has 0 aliphatic heterocycles. The molecule has 2 atom stereocenters. The Kier molecular flexibility index (Phi) is 5.18. The number of aromatic nitrogens is 2. The Bertz CT molecular complexity index is 510. The number of hydrogen-bond acceptors (Lipinski definition) is 3. The molecule has 2 unspecified atom stereocenters. The van der Waals surface area contributed by atoms with Gasteiger partial charge in [-0.1, -0.05) is 18.2 Å². The minimum Gasteiger partial charge on any atom is -0.494 e. The summed E-state index contributed by atoms with van der Waals surface area (Å²) in [5, 5.41) is 3.60. The van der Waals surface area contributed by atoms with E-state index < -0.39 is 0 Å². The molecule has 0 aliphatic carbocycles.